The lowest BCUT2D eigenvalue weighted by Gasteiger charge is -2.21. The Labute approximate surface area is 86.4 Å². The van der Waals surface area contributed by atoms with E-state index in [1.165, 1.54) is 0 Å². The van der Waals surface area contributed by atoms with Gasteiger partial charge in [0, 0.05) is 29.9 Å². The fourth-order valence-corrected chi connectivity index (χ4v) is 2.53. The zero-order valence-electron chi connectivity index (χ0n) is 7.62. The molecule has 76 valence electrons. The van der Waals surface area contributed by atoms with Gasteiger partial charge in [0.05, 0.1) is 11.6 Å². The van der Waals surface area contributed by atoms with Crippen LogP contribution in [0.3, 0.4) is 0 Å². The molecule has 0 radical (unpaired) electrons. The highest BCUT2D eigenvalue weighted by molar-refractivity contribution is 8.03. The number of carboxylic acid groups (broad SMARTS) is 1. The maximum Gasteiger partial charge on any atom is 0.337 e. The van der Waals surface area contributed by atoms with Crippen molar-refractivity contribution in [2.45, 2.75) is 6.04 Å². The van der Waals surface area contributed by atoms with Gasteiger partial charge in [0.2, 0.25) is 0 Å². The Balaban J connectivity index is 2.17. The first-order valence-electron chi connectivity index (χ1n) is 4.52. The summed E-state index contributed by atoms with van der Waals surface area (Å²) < 4.78 is 0. The molecule has 0 aromatic heterocycles. The quantitative estimate of drug-likeness (QED) is 0.577. The average Bonchev–Trinajstić information content (AvgIpc) is 2.41. The molecule has 1 saturated heterocycles. The molecule has 5 heteroatoms. The first kappa shape index (κ1) is 9.61. The van der Waals surface area contributed by atoms with Gasteiger partial charge in [-0.25, -0.2) is 4.79 Å². The summed E-state index contributed by atoms with van der Waals surface area (Å²) >= 11 is 1.72. The second-order valence-electron chi connectivity index (χ2n) is 3.22. The lowest BCUT2D eigenvalue weighted by atomic mass is 10.1. The predicted octanol–water partition coefficient (Wildman–Crippen LogP) is 0.147. The van der Waals surface area contributed by atoms with E-state index in [4.69, 9.17) is 5.11 Å². The minimum absolute atomic E-state index is 0.241. The number of rotatable bonds is 1. The number of hydrogen-bond donors (Lipinski definition) is 3. The third kappa shape index (κ3) is 1.93. The molecule has 3 N–H and O–H groups in total. The smallest absolute Gasteiger partial charge is 0.337 e. The standard InChI is InChI=1S/C9H12N2O2S/c12-9(13)6-3-8-7(11-4-6)5-10-1-2-14-8/h3-4,7,10-11H,1-2,5H2,(H,12,13). The van der Waals surface area contributed by atoms with Crippen LogP contribution in [0.1, 0.15) is 0 Å². The third-order valence-electron chi connectivity index (χ3n) is 2.22. The monoisotopic (exact) mass is 212 g/mol. The Morgan fingerprint density at radius 1 is 1.64 bits per heavy atom. The van der Waals surface area contributed by atoms with E-state index in [9.17, 15) is 4.79 Å². The van der Waals surface area contributed by atoms with Gasteiger partial charge in [0.25, 0.3) is 0 Å². The van der Waals surface area contributed by atoms with Crippen molar-refractivity contribution in [3.63, 3.8) is 0 Å². The molecule has 4 nitrogen and oxygen atoms in total. The summed E-state index contributed by atoms with van der Waals surface area (Å²) in [5.41, 5.74) is 0.339. The second-order valence-corrected chi connectivity index (χ2v) is 4.39. The summed E-state index contributed by atoms with van der Waals surface area (Å²) in [6.07, 6.45) is 3.34. The minimum atomic E-state index is -0.874. The van der Waals surface area contributed by atoms with Gasteiger partial charge in [-0.15, -0.1) is 11.8 Å². The van der Waals surface area contributed by atoms with E-state index in [0.29, 0.717) is 5.57 Å². The first-order chi connectivity index (χ1) is 6.77. The Hall–Kier alpha value is -0.940. The van der Waals surface area contributed by atoms with Gasteiger partial charge in [-0.1, -0.05) is 0 Å². The van der Waals surface area contributed by atoms with Crippen LogP contribution in [-0.2, 0) is 4.79 Å². The van der Waals surface area contributed by atoms with Crippen LogP contribution in [0.25, 0.3) is 0 Å². The number of fused-ring (bicyclic) bond motifs is 1. The number of hydrogen-bond acceptors (Lipinski definition) is 4. The highest BCUT2D eigenvalue weighted by atomic mass is 32.2. The number of carboxylic acids is 1. The lowest BCUT2D eigenvalue weighted by Crippen LogP contribution is -2.37. The second kappa shape index (κ2) is 4.06. The van der Waals surface area contributed by atoms with E-state index in [2.05, 4.69) is 10.6 Å². The van der Waals surface area contributed by atoms with E-state index >= 15 is 0 Å². The number of dihydropyridines is 1. The Bertz CT molecular complexity index is 312. The van der Waals surface area contributed by atoms with E-state index in [0.717, 1.165) is 23.7 Å². The molecular formula is C9H12N2O2S. The van der Waals surface area contributed by atoms with Gasteiger partial charge < -0.3 is 15.7 Å². The number of thioether (sulfide) groups is 1. The molecule has 0 aliphatic carbocycles. The largest absolute Gasteiger partial charge is 0.478 e. The maximum absolute atomic E-state index is 10.7. The van der Waals surface area contributed by atoms with E-state index in [1.807, 2.05) is 0 Å². The van der Waals surface area contributed by atoms with Gasteiger partial charge in [0.15, 0.2) is 0 Å². The summed E-state index contributed by atoms with van der Waals surface area (Å²) in [7, 11) is 0. The van der Waals surface area contributed by atoms with Crippen LogP contribution in [0.15, 0.2) is 22.8 Å². The van der Waals surface area contributed by atoms with Crippen LogP contribution in [0.4, 0.5) is 0 Å². The first-order valence-corrected chi connectivity index (χ1v) is 5.50. The zero-order chi connectivity index (χ0) is 9.97. The Kier molecular flexibility index (Phi) is 2.79. The topological polar surface area (TPSA) is 61.4 Å². The summed E-state index contributed by atoms with van der Waals surface area (Å²) in [5.74, 6) is 0.123. The van der Waals surface area contributed by atoms with Crippen molar-refractivity contribution < 1.29 is 9.90 Å². The van der Waals surface area contributed by atoms with Crippen LogP contribution in [0.2, 0.25) is 0 Å². The summed E-state index contributed by atoms with van der Waals surface area (Å²) in [4.78, 5) is 11.9. The Morgan fingerprint density at radius 2 is 2.50 bits per heavy atom. The van der Waals surface area contributed by atoms with Crippen molar-refractivity contribution in [3.05, 3.63) is 22.8 Å². The SMILES string of the molecule is O=C(O)C1=CNC2CNCCSC2=C1. The van der Waals surface area contributed by atoms with Crippen LogP contribution < -0.4 is 10.6 Å². The van der Waals surface area contributed by atoms with Gasteiger partial charge >= 0.3 is 5.97 Å². The summed E-state index contributed by atoms with van der Waals surface area (Å²) in [5, 5.41) is 15.2. The van der Waals surface area contributed by atoms with Crippen LogP contribution in [0.5, 0.6) is 0 Å². The molecule has 14 heavy (non-hydrogen) atoms. The maximum atomic E-state index is 10.7. The van der Waals surface area contributed by atoms with Gasteiger partial charge in [0.1, 0.15) is 0 Å². The van der Waals surface area contributed by atoms with E-state index in [1.54, 1.807) is 24.0 Å². The highest BCUT2D eigenvalue weighted by Gasteiger charge is 2.21. The van der Waals surface area contributed by atoms with Crippen LogP contribution in [-0.4, -0.2) is 36.0 Å². The van der Waals surface area contributed by atoms with Gasteiger partial charge in [-0.3, -0.25) is 0 Å². The molecule has 0 spiro atoms. The van der Waals surface area contributed by atoms with Crippen molar-refractivity contribution in [2.24, 2.45) is 0 Å². The highest BCUT2D eigenvalue weighted by Crippen LogP contribution is 2.25. The van der Waals surface area contributed by atoms with Crippen molar-refractivity contribution in [3.8, 4) is 0 Å². The molecule has 2 rings (SSSR count). The van der Waals surface area contributed by atoms with Crippen molar-refractivity contribution in [2.75, 3.05) is 18.8 Å². The molecule has 2 aliphatic heterocycles. The Morgan fingerprint density at radius 3 is 3.29 bits per heavy atom. The molecule has 1 fully saturated rings. The third-order valence-corrected chi connectivity index (χ3v) is 3.37. The van der Waals surface area contributed by atoms with Crippen molar-refractivity contribution in [1.29, 1.82) is 0 Å². The molecule has 0 aromatic rings. The molecule has 1 atom stereocenters. The average molecular weight is 212 g/mol. The molecule has 0 aromatic carbocycles. The van der Waals surface area contributed by atoms with Gasteiger partial charge in [-0.2, -0.15) is 0 Å². The molecule has 0 amide bonds. The van der Waals surface area contributed by atoms with Gasteiger partial charge in [-0.05, 0) is 6.08 Å². The van der Waals surface area contributed by atoms with Crippen LogP contribution in [0, 0.1) is 0 Å². The fraction of sp³-hybridized carbons (Fsp3) is 0.444. The predicted molar refractivity (Wildman–Crippen MR) is 56.1 cm³/mol. The van der Waals surface area contributed by atoms with Crippen molar-refractivity contribution in [1.82, 2.24) is 10.6 Å². The van der Waals surface area contributed by atoms with Crippen molar-refractivity contribution >= 4 is 17.7 Å². The number of nitrogens with one attached hydrogen (secondary N) is 2. The minimum Gasteiger partial charge on any atom is -0.478 e. The molecule has 0 bridgehead atoms. The van der Waals surface area contributed by atoms with Crippen LogP contribution >= 0.6 is 11.8 Å². The summed E-state index contributed by atoms with van der Waals surface area (Å²) in [6, 6.07) is 0.241. The molecular weight excluding hydrogens is 200 g/mol. The summed E-state index contributed by atoms with van der Waals surface area (Å²) in [6.45, 7) is 1.84. The normalized spacial score (nSPS) is 26.4. The van der Waals surface area contributed by atoms with E-state index in [-0.39, 0.29) is 6.04 Å². The lowest BCUT2D eigenvalue weighted by molar-refractivity contribution is -0.132. The molecule has 0 saturated carbocycles. The molecule has 2 aliphatic rings. The molecule has 1 unspecified atom stereocenters. The zero-order valence-corrected chi connectivity index (χ0v) is 8.43. The number of carbonyl (C=O) groups is 1. The fourth-order valence-electron chi connectivity index (χ4n) is 1.48. The molecule has 2 heterocycles. The van der Waals surface area contributed by atoms with E-state index < -0.39 is 5.97 Å². The number of aliphatic carboxylic acids is 1.